The second-order valence-electron chi connectivity index (χ2n) is 3.44. The molecule has 0 radical (unpaired) electrons. The highest BCUT2D eigenvalue weighted by Crippen LogP contribution is 2.21. The summed E-state index contributed by atoms with van der Waals surface area (Å²) < 4.78 is 1.80. The first-order valence-electron chi connectivity index (χ1n) is 4.63. The van der Waals surface area contributed by atoms with Crippen LogP contribution in [0.5, 0.6) is 0 Å². The number of nitrogens with zero attached hydrogens (tertiary/aromatic N) is 4. The van der Waals surface area contributed by atoms with Gasteiger partial charge in [-0.3, -0.25) is 0 Å². The topological polar surface area (TPSA) is 69.1 Å². The van der Waals surface area contributed by atoms with E-state index in [-0.39, 0.29) is 0 Å². The van der Waals surface area contributed by atoms with E-state index >= 15 is 0 Å². The van der Waals surface area contributed by atoms with Gasteiger partial charge in [0, 0.05) is 12.3 Å². The number of hydrogen-bond donors (Lipinski definition) is 1. The minimum Gasteiger partial charge on any atom is -0.330 e. The van der Waals surface area contributed by atoms with Crippen molar-refractivity contribution in [3.63, 3.8) is 0 Å². The van der Waals surface area contributed by atoms with Crippen molar-refractivity contribution in [3.05, 3.63) is 10.8 Å². The third kappa shape index (κ3) is 1.51. The fraction of sp³-hybridized carbons (Fsp3) is 0.625. The van der Waals surface area contributed by atoms with Gasteiger partial charge in [0.2, 0.25) is 4.96 Å². The molecule has 2 heterocycles. The van der Waals surface area contributed by atoms with Crippen molar-refractivity contribution in [1.29, 1.82) is 0 Å². The fourth-order valence-electron chi connectivity index (χ4n) is 1.19. The summed E-state index contributed by atoms with van der Waals surface area (Å²) in [7, 11) is 0. The molecule has 2 rings (SSSR count). The van der Waals surface area contributed by atoms with Gasteiger partial charge in [0.25, 0.3) is 0 Å². The summed E-state index contributed by atoms with van der Waals surface area (Å²) >= 11 is 1.59. The Hall–Kier alpha value is -1.01. The van der Waals surface area contributed by atoms with Crippen molar-refractivity contribution in [1.82, 2.24) is 19.8 Å². The summed E-state index contributed by atoms with van der Waals surface area (Å²) in [6.45, 7) is 4.82. The molecular formula is C8H13N5S. The molecule has 6 heteroatoms. The normalized spacial score (nSPS) is 11.7. The van der Waals surface area contributed by atoms with E-state index in [2.05, 4.69) is 29.1 Å². The quantitative estimate of drug-likeness (QED) is 0.815. The minimum absolute atomic E-state index is 0.437. The summed E-state index contributed by atoms with van der Waals surface area (Å²) in [5.74, 6) is 1.29. The Labute approximate surface area is 86.0 Å². The molecule has 14 heavy (non-hydrogen) atoms. The third-order valence-electron chi connectivity index (χ3n) is 1.93. The Balaban J connectivity index is 2.45. The molecule has 0 aliphatic rings. The van der Waals surface area contributed by atoms with Crippen molar-refractivity contribution < 1.29 is 0 Å². The van der Waals surface area contributed by atoms with Gasteiger partial charge in [-0.25, -0.2) is 0 Å². The van der Waals surface area contributed by atoms with Crippen LogP contribution in [0.1, 0.15) is 30.6 Å². The maximum Gasteiger partial charge on any atom is 0.234 e. The maximum absolute atomic E-state index is 5.47. The molecule has 0 atom stereocenters. The van der Waals surface area contributed by atoms with Crippen molar-refractivity contribution in [2.75, 3.05) is 6.54 Å². The zero-order valence-electron chi connectivity index (χ0n) is 8.27. The van der Waals surface area contributed by atoms with Gasteiger partial charge in [-0.05, 0) is 6.54 Å². The zero-order valence-corrected chi connectivity index (χ0v) is 9.08. The van der Waals surface area contributed by atoms with Crippen LogP contribution in [0.15, 0.2) is 0 Å². The molecular weight excluding hydrogens is 198 g/mol. The van der Waals surface area contributed by atoms with Crippen LogP contribution < -0.4 is 5.73 Å². The lowest BCUT2D eigenvalue weighted by molar-refractivity contribution is 0.753. The van der Waals surface area contributed by atoms with Gasteiger partial charge in [-0.1, -0.05) is 25.2 Å². The number of aromatic nitrogens is 4. The zero-order chi connectivity index (χ0) is 10.1. The SMILES string of the molecule is CC(C)c1nn2c(CCN)nnc2s1. The number of rotatable bonds is 3. The Kier molecular flexibility index (Phi) is 2.47. The van der Waals surface area contributed by atoms with Crippen LogP contribution in [0, 0.1) is 0 Å². The van der Waals surface area contributed by atoms with Crippen molar-refractivity contribution in [2.24, 2.45) is 5.73 Å². The van der Waals surface area contributed by atoms with Crippen LogP contribution >= 0.6 is 11.3 Å². The molecule has 0 unspecified atom stereocenters. The first kappa shape index (κ1) is 9.54. The molecule has 0 saturated carbocycles. The molecule has 2 aromatic heterocycles. The minimum atomic E-state index is 0.437. The number of nitrogens with two attached hydrogens (primary N) is 1. The number of hydrogen-bond acceptors (Lipinski definition) is 5. The van der Waals surface area contributed by atoms with Gasteiger partial charge in [0.05, 0.1) is 0 Å². The van der Waals surface area contributed by atoms with Crippen LogP contribution in [0.25, 0.3) is 4.96 Å². The Morgan fingerprint density at radius 1 is 1.43 bits per heavy atom. The van der Waals surface area contributed by atoms with E-state index < -0.39 is 0 Å². The van der Waals surface area contributed by atoms with Crippen molar-refractivity contribution >= 4 is 16.3 Å². The molecule has 2 aromatic rings. The Bertz CT molecular complexity index is 430. The second kappa shape index (κ2) is 3.62. The van der Waals surface area contributed by atoms with Gasteiger partial charge < -0.3 is 5.73 Å². The van der Waals surface area contributed by atoms with Crippen LogP contribution in [0.4, 0.5) is 0 Å². The van der Waals surface area contributed by atoms with Gasteiger partial charge >= 0.3 is 0 Å². The average molecular weight is 211 g/mol. The van der Waals surface area contributed by atoms with E-state index in [1.807, 2.05) is 0 Å². The first-order chi connectivity index (χ1) is 6.72. The van der Waals surface area contributed by atoms with Crippen LogP contribution in [0.3, 0.4) is 0 Å². The first-order valence-corrected chi connectivity index (χ1v) is 5.45. The number of fused-ring (bicyclic) bond motifs is 1. The molecule has 76 valence electrons. The summed E-state index contributed by atoms with van der Waals surface area (Å²) in [6.07, 6.45) is 0.725. The van der Waals surface area contributed by atoms with E-state index in [9.17, 15) is 0 Å². The predicted octanol–water partition coefficient (Wildman–Crippen LogP) is 0.810. The maximum atomic E-state index is 5.47. The molecule has 0 aliphatic heterocycles. The van der Waals surface area contributed by atoms with E-state index in [0.717, 1.165) is 22.2 Å². The Morgan fingerprint density at radius 3 is 2.86 bits per heavy atom. The standard InChI is InChI=1S/C8H13N5S/c1-5(2)7-12-13-6(3-4-9)10-11-8(13)14-7/h5H,3-4,9H2,1-2H3. The highest BCUT2D eigenvalue weighted by molar-refractivity contribution is 7.16. The molecule has 0 fully saturated rings. The monoisotopic (exact) mass is 211 g/mol. The van der Waals surface area contributed by atoms with Crippen LogP contribution in [-0.2, 0) is 6.42 Å². The molecule has 0 amide bonds. The van der Waals surface area contributed by atoms with E-state index in [0.29, 0.717) is 12.5 Å². The predicted molar refractivity (Wildman–Crippen MR) is 55.5 cm³/mol. The van der Waals surface area contributed by atoms with Gasteiger partial charge in [0.1, 0.15) is 5.01 Å². The largest absolute Gasteiger partial charge is 0.330 e. The van der Waals surface area contributed by atoms with Gasteiger partial charge in [-0.15, -0.1) is 10.2 Å². The van der Waals surface area contributed by atoms with Gasteiger partial charge in [0.15, 0.2) is 5.82 Å². The highest BCUT2D eigenvalue weighted by Gasteiger charge is 2.12. The Morgan fingerprint density at radius 2 is 2.21 bits per heavy atom. The van der Waals surface area contributed by atoms with Crippen molar-refractivity contribution in [2.45, 2.75) is 26.2 Å². The van der Waals surface area contributed by atoms with E-state index in [1.165, 1.54) is 0 Å². The lowest BCUT2D eigenvalue weighted by Gasteiger charge is -1.95. The van der Waals surface area contributed by atoms with E-state index in [4.69, 9.17) is 5.73 Å². The van der Waals surface area contributed by atoms with Crippen LogP contribution in [0.2, 0.25) is 0 Å². The van der Waals surface area contributed by atoms with Crippen LogP contribution in [-0.4, -0.2) is 26.4 Å². The molecule has 0 aromatic carbocycles. The molecule has 0 saturated heterocycles. The summed E-state index contributed by atoms with van der Waals surface area (Å²) in [4.78, 5) is 0.858. The molecule has 0 aliphatic carbocycles. The average Bonchev–Trinajstić information content (AvgIpc) is 2.67. The summed E-state index contributed by atoms with van der Waals surface area (Å²) in [5, 5.41) is 13.6. The molecule has 0 spiro atoms. The molecule has 2 N–H and O–H groups in total. The fourth-order valence-corrected chi connectivity index (χ4v) is 2.05. The third-order valence-corrected chi connectivity index (χ3v) is 3.13. The van der Waals surface area contributed by atoms with Crippen molar-refractivity contribution in [3.8, 4) is 0 Å². The van der Waals surface area contributed by atoms with E-state index in [1.54, 1.807) is 15.9 Å². The molecule has 0 bridgehead atoms. The summed E-state index contributed by atoms with van der Waals surface area (Å²) in [6, 6.07) is 0. The second-order valence-corrected chi connectivity index (χ2v) is 4.43. The van der Waals surface area contributed by atoms with Gasteiger partial charge in [-0.2, -0.15) is 9.61 Å². The smallest absolute Gasteiger partial charge is 0.234 e. The summed E-state index contributed by atoms with van der Waals surface area (Å²) in [5.41, 5.74) is 5.47. The highest BCUT2D eigenvalue weighted by atomic mass is 32.1. The molecule has 5 nitrogen and oxygen atoms in total. The lowest BCUT2D eigenvalue weighted by Crippen LogP contribution is -2.07. The lowest BCUT2D eigenvalue weighted by atomic mass is 10.2.